The van der Waals surface area contributed by atoms with Crippen LogP contribution >= 0.6 is 0 Å². The third-order valence-corrected chi connectivity index (χ3v) is 3.01. The van der Waals surface area contributed by atoms with Gasteiger partial charge in [-0.3, -0.25) is 0 Å². The number of benzene rings is 1. The van der Waals surface area contributed by atoms with Crippen molar-refractivity contribution < 1.29 is 10.2 Å². The molecule has 2 heteroatoms. The molecule has 0 aliphatic heterocycles. The fourth-order valence-electron chi connectivity index (χ4n) is 2.01. The summed E-state index contributed by atoms with van der Waals surface area (Å²) in [6.45, 7) is 13.5. The van der Waals surface area contributed by atoms with Gasteiger partial charge in [-0.05, 0) is 54.7 Å². The number of hydrogen-bond acceptors (Lipinski definition) is 2. The molecule has 2 nitrogen and oxygen atoms in total. The van der Waals surface area contributed by atoms with Crippen LogP contribution in [0.3, 0.4) is 0 Å². The monoisotopic (exact) mass is 312 g/mol. The van der Waals surface area contributed by atoms with E-state index in [1.807, 2.05) is 51.1 Å². The molecule has 0 saturated heterocycles. The number of allylic oxidation sites excluding steroid dienone is 7. The molecule has 0 saturated carbocycles. The molecule has 0 heterocycles. The van der Waals surface area contributed by atoms with Crippen molar-refractivity contribution in [2.45, 2.75) is 33.6 Å². The Labute approximate surface area is 140 Å². The van der Waals surface area contributed by atoms with Crippen LogP contribution in [0.2, 0.25) is 0 Å². The first-order valence-corrected chi connectivity index (χ1v) is 7.84. The van der Waals surface area contributed by atoms with Crippen LogP contribution in [-0.4, -0.2) is 10.2 Å². The lowest BCUT2D eigenvalue weighted by molar-refractivity contribution is 0.469. The van der Waals surface area contributed by atoms with Crippen molar-refractivity contribution in [3.8, 4) is 5.75 Å². The minimum atomic E-state index is 0.266. The second-order valence-electron chi connectivity index (χ2n) is 4.78. The molecule has 0 radical (unpaired) electrons. The molecule has 0 spiro atoms. The summed E-state index contributed by atoms with van der Waals surface area (Å²) < 4.78 is 0. The zero-order valence-electron chi connectivity index (χ0n) is 14.4. The number of phenols is 1. The third kappa shape index (κ3) is 7.37. The number of aromatic hydroxyl groups is 1. The number of aliphatic hydroxyl groups is 1. The van der Waals surface area contributed by atoms with Crippen LogP contribution in [0.5, 0.6) is 5.75 Å². The van der Waals surface area contributed by atoms with E-state index in [0.717, 1.165) is 29.4 Å². The average Bonchev–Trinajstić information content (AvgIpc) is 2.56. The highest BCUT2D eigenvalue weighted by Gasteiger charge is 2.04. The lowest BCUT2D eigenvalue weighted by Crippen LogP contribution is -1.88. The highest BCUT2D eigenvalue weighted by Crippen LogP contribution is 2.26. The molecule has 1 aromatic rings. The summed E-state index contributed by atoms with van der Waals surface area (Å²) in [6.07, 6.45) is 11.5. The van der Waals surface area contributed by atoms with Gasteiger partial charge in [-0.2, -0.15) is 0 Å². The molecule has 0 amide bonds. The smallest absolute Gasteiger partial charge is 0.119 e. The maximum absolute atomic E-state index is 9.84. The summed E-state index contributed by atoms with van der Waals surface area (Å²) in [5.74, 6) is 0.266. The van der Waals surface area contributed by atoms with Gasteiger partial charge >= 0.3 is 0 Å². The largest absolute Gasteiger partial charge is 0.516 e. The van der Waals surface area contributed by atoms with Crippen molar-refractivity contribution >= 4 is 5.57 Å². The van der Waals surface area contributed by atoms with Gasteiger partial charge < -0.3 is 10.2 Å². The molecule has 0 fully saturated rings. The Morgan fingerprint density at radius 2 is 1.87 bits per heavy atom. The summed E-state index contributed by atoms with van der Waals surface area (Å²) in [6, 6.07) is 5.48. The van der Waals surface area contributed by atoms with E-state index < -0.39 is 0 Å². The maximum Gasteiger partial charge on any atom is 0.119 e. The zero-order chi connectivity index (χ0) is 17.7. The fourth-order valence-corrected chi connectivity index (χ4v) is 2.01. The molecule has 23 heavy (non-hydrogen) atoms. The Kier molecular flexibility index (Phi) is 10.8. The highest BCUT2D eigenvalue weighted by atomic mass is 16.3. The lowest BCUT2D eigenvalue weighted by Gasteiger charge is -2.08. The van der Waals surface area contributed by atoms with Crippen molar-refractivity contribution in [1.29, 1.82) is 0 Å². The Morgan fingerprint density at radius 3 is 2.43 bits per heavy atom. The van der Waals surface area contributed by atoms with E-state index in [2.05, 4.69) is 13.2 Å². The normalized spacial score (nSPS) is 11.8. The fraction of sp³-hybridized carbons (Fsp3) is 0.238. The summed E-state index contributed by atoms with van der Waals surface area (Å²) >= 11 is 0. The third-order valence-electron chi connectivity index (χ3n) is 3.01. The van der Waals surface area contributed by atoms with Gasteiger partial charge in [-0.1, -0.05) is 49.8 Å². The molecule has 124 valence electrons. The van der Waals surface area contributed by atoms with Crippen molar-refractivity contribution in [2.24, 2.45) is 0 Å². The van der Waals surface area contributed by atoms with Crippen LogP contribution < -0.4 is 0 Å². The van der Waals surface area contributed by atoms with E-state index in [4.69, 9.17) is 5.11 Å². The predicted octanol–water partition coefficient (Wildman–Crippen LogP) is 6.12. The van der Waals surface area contributed by atoms with Crippen molar-refractivity contribution in [1.82, 2.24) is 0 Å². The van der Waals surface area contributed by atoms with Gasteiger partial charge in [-0.15, -0.1) is 13.2 Å². The van der Waals surface area contributed by atoms with Gasteiger partial charge in [0.15, 0.2) is 0 Å². The molecule has 0 aliphatic rings. The SMILES string of the molecule is C=CC/C(C)=C/C(=C\C=C\O)c1ccc(O)c(CC=C)c1.CC. The van der Waals surface area contributed by atoms with Crippen LogP contribution in [0.15, 0.2) is 73.6 Å². The zero-order valence-corrected chi connectivity index (χ0v) is 14.4. The molecule has 0 atom stereocenters. The Bertz CT molecular complexity index is 590. The molecular formula is C21H28O2. The average molecular weight is 312 g/mol. The molecule has 1 aromatic carbocycles. The highest BCUT2D eigenvalue weighted by molar-refractivity contribution is 5.76. The van der Waals surface area contributed by atoms with E-state index in [-0.39, 0.29) is 5.75 Å². The van der Waals surface area contributed by atoms with Crippen LogP contribution in [0.1, 0.15) is 38.3 Å². The summed E-state index contributed by atoms with van der Waals surface area (Å²) in [5.41, 5.74) is 3.94. The van der Waals surface area contributed by atoms with Crippen LogP contribution in [0.4, 0.5) is 0 Å². The molecular weight excluding hydrogens is 284 g/mol. The molecule has 0 aliphatic carbocycles. The summed E-state index contributed by atoms with van der Waals surface area (Å²) in [5, 5.41) is 18.7. The number of hydrogen-bond donors (Lipinski definition) is 2. The molecule has 0 aromatic heterocycles. The van der Waals surface area contributed by atoms with Gasteiger partial charge in [0, 0.05) is 0 Å². The Morgan fingerprint density at radius 1 is 1.17 bits per heavy atom. The number of rotatable bonds is 7. The van der Waals surface area contributed by atoms with Gasteiger partial charge in [0.2, 0.25) is 0 Å². The van der Waals surface area contributed by atoms with Gasteiger partial charge in [0.1, 0.15) is 5.75 Å². The van der Waals surface area contributed by atoms with Crippen LogP contribution in [-0.2, 0) is 6.42 Å². The van der Waals surface area contributed by atoms with Gasteiger partial charge in [0.25, 0.3) is 0 Å². The Hall–Kier alpha value is -2.48. The van der Waals surface area contributed by atoms with Gasteiger partial charge in [0.05, 0.1) is 6.26 Å². The van der Waals surface area contributed by atoms with Crippen molar-refractivity contribution in [3.05, 3.63) is 84.7 Å². The number of aliphatic hydroxyl groups excluding tert-OH is 1. The summed E-state index contributed by atoms with van der Waals surface area (Å²) in [4.78, 5) is 0. The Balaban J connectivity index is 0.00000232. The molecule has 0 unspecified atom stereocenters. The second-order valence-corrected chi connectivity index (χ2v) is 4.78. The van der Waals surface area contributed by atoms with E-state index in [1.54, 1.807) is 18.2 Å². The second kappa shape index (κ2) is 12.1. The van der Waals surface area contributed by atoms with Crippen LogP contribution in [0.25, 0.3) is 5.57 Å². The van der Waals surface area contributed by atoms with E-state index in [9.17, 15) is 5.11 Å². The van der Waals surface area contributed by atoms with Gasteiger partial charge in [-0.25, -0.2) is 0 Å². The first-order valence-electron chi connectivity index (χ1n) is 7.84. The maximum atomic E-state index is 9.84. The minimum absolute atomic E-state index is 0.266. The van der Waals surface area contributed by atoms with E-state index in [1.165, 1.54) is 5.57 Å². The molecule has 2 N–H and O–H groups in total. The first-order chi connectivity index (χ1) is 11.1. The first kappa shape index (κ1) is 20.5. The minimum Gasteiger partial charge on any atom is -0.516 e. The van der Waals surface area contributed by atoms with Crippen LogP contribution in [0, 0.1) is 0 Å². The van der Waals surface area contributed by atoms with Crippen molar-refractivity contribution in [2.75, 3.05) is 0 Å². The summed E-state index contributed by atoms with van der Waals surface area (Å²) in [7, 11) is 0. The lowest BCUT2D eigenvalue weighted by atomic mass is 9.98. The standard InChI is InChI=1S/C19H22O2.C2H6/c1-4-7-15(3)13-16(9-6-12-20)17-10-11-19(21)18(14-17)8-5-2;1-2/h4-6,9-14,20-21H,1-2,7-8H2,3H3;1-2H3/b12-6+,15-13+,16-9+;. The molecule has 1 rings (SSSR count). The van der Waals surface area contributed by atoms with E-state index in [0.29, 0.717) is 6.42 Å². The quantitative estimate of drug-likeness (QED) is 0.361. The molecule has 0 bridgehead atoms. The van der Waals surface area contributed by atoms with E-state index >= 15 is 0 Å². The topological polar surface area (TPSA) is 40.5 Å². The number of phenolic OH excluding ortho intramolecular Hbond substituents is 1. The van der Waals surface area contributed by atoms with Crippen molar-refractivity contribution in [3.63, 3.8) is 0 Å². The predicted molar refractivity (Wildman–Crippen MR) is 102 cm³/mol.